The number of carboxylic acid groups (broad SMARTS) is 1. The molecule has 0 fully saturated rings. The molecule has 0 saturated heterocycles. The highest BCUT2D eigenvalue weighted by molar-refractivity contribution is 6.31. The second kappa shape index (κ2) is 5.20. The molecular formula is C10H9F2NO3. The van der Waals surface area contributed by atoms with Gasteiger partial charge in [0.15, 0.2) is 0 Å². The highest BCUT2D eigenvalue weighted by atomic mass is 19.1. The van der Waals surface area contributed by atoms with Gasteiger partial charge in [0, 0.05) is 6.54 Å². The molecule has 1 rings (SSSR count). The molecule has 0 saturated carbocycles. The predicted molar refractivity (Wildman–Crippen MR) is 50.7 cm³/mol. The quantitative estimate of drug-likeness (QED) is 0.750. The van der Waals surface area contributed by atoms with E-state index in [0.29, 0.717) is 0 Å². The Kier molecular flexibility index (Phi) is 3.93. The molecule has 0 bridgehead atoms. The monoisotopic (exact) mass is 229 g/mol. The predicted octanol–water partition coefficient (Wildman–Crippen LogP) is 0.708. The molecule has 0 aliphatic rings. The van der Waals surface area contributed by atoms with Crippen LogP contribution in [-0.2, 0) is 16.0 Å². The molecule has 0 heterocycles. The van der Waals surface area contributed by atoms with Gasteiger partial charge in [-0.05, 0) is 30.2 Å². The highest BCUT2D eigenvalue weighted by Gasteiger charge is 2.10. The number of carboxylic acids is 1. The molecule has 4 nitrogen and oxygen atoms in total. The van der Waals surface area contributed by atoms with Crippen molar-refractivity contribution in [1.82, 2.24) is 5.32 Å². The van der Waals surface area contributed by atoms with Gasteiger partial charge in [0.05, 0.1) is 0 Å². The molecule has 1 amide bonds. The van der Waals surface area contributed by atoms with Crippen LogP contribution in [0.1, 0.15) is 5.56 Å². The fraction of sp³-hybridized carbons (Fsp3) is 0.200. The lowest BCUT2D eigenvalue weighted by atomic mass is 10.1. The number of halogens is 2. The van der Waals surface area contributed by atoms with Crippen LogP contribution in [0.3, 0.4) is 0 Å². The van der Waals surface area contributed by atoms with E-state index in [-0.39, 0.29) is 18.5 Å². The maximum absolute atomic E-state index is 13.1. The van der Waals surface area contributed by atoms with Crippen molar-refractivity contribution in [2.45, 2.75) is 6.42 Å². The summed E-state index contributed by atoms with van der Waals surface area (Å²) < 4.78 is 25.8. The van der Waals surface area contributed by atoms with Gasteiger partial charge in [-0.15, -0.1) is 0 Å². The van der Waals surface area contributed by atoms with Gasteiger partial charge in [-0.2, -0.15) is 0 Å². The molecular weight excluding hydrogens is 220 g/mol. The van der Waals surface area contributed by atoms with Crippen molar-refractivity contribution in [1.29, 1.82) is 0 Å². The Morgan fingerprint density at radius 1 is 1.31 bits per heavy atom. The smallest absolute Gasteiger partial charge is 0.394 e. The zero-order valence-corrected chi connectivity index (χ0v) is 8.17. The molecule has 0 unspecified atom stereocenters. The Morgan fingerprint density at radius 3 is 2.62 bits per heavy atom. The number of hydrogen-bond acceptors (Lipinski definition) is 2. The van der Waals surface area contributed by atoms with E-state index in [9.17, 15) is 18.4 Å². The summed E-state index contributed by atoms with van der Waals surface area (Å²) in [5, 5.41) is 10.3. The summed E-state index contributed by atoms with van der Waals surface area (Å²) in [6.45, 7) is -0.0640. The number of hydrogen-bond donors (Lipinski definition) is 2. The molecule has 0 spiro atoms. The lowest BCUT2D eigenvalue weighted by Gasteiger charge is -2.04. The van der Waals surface area contributed by atoms with Crippen molar-refractivity contribution < 1.29 is 23.5 Å². The van der Waals surface area contributed by atoms with Crippen molar-refractivity contribution in [3.63, 3.8) is 0 Å². The van der Waals surface area contributed by atoms with Gasteiger partial charge in [-0.3, -0.25) is 4.79 Å². The zero-order valence-electron chi connectivity index (χ0n) is 8.17. The highest BCUT2D eigenvalue weighted by Crippen LogP contribution is 2.09. The van der Waals surface area contributed by atoms with Crippen LogP contribution in [0, 0.1) is 11.6 Å². The Morgan fingerprint density at radius 2 is 2.00 bits per heavy atom. The molecule has 0 radical (unpaired) electrons. The molecule has 0 aromatic heterocycles. The minimum atomic E-state index is -1.61. The molecule has 0 aliphatic carbocycles. The fourth-order valence-electron chi connectivity index (χ4n) is 1.12. The maximum Gasteiger partial charge on any atom is 0.394 e. The van der Waals surface area contributed by atoms with E-state index in [0.717, 1.165) is 18.2 Å². The van der Waals surface area contributed by atoms with E-state index in [2.05, 4.69) is 0 Å². The first kappa shape index (κ1) is 12.1. The van der Waals surface area contributed by atoms with Gasteiger partial charge in [-0.1, -0.05) is 0 Å². The van der Waals surface area contributed by atoms with Crippen molar-refractivity contribution in [3.8, 4) is 0 Å². The number of nitrogens with one attached hydrogen (secondary N) is 1. The van der Waals surface area contributed by atoms with Gasteiger partial charge in [0.25, 0.3) is 0 Å². The topological polar surface area (TPSA) is 66.4 Å². The molecule has 0 atom stereocenters. The third kappa shape index (κ3) is 3.30. The van der Waals surface area contributed by atoms with E-state index in [1.807, 2.05) is 5.32 Å². The average molecular weight is 229 g/mol. The van der Waals surface area contributed by atoms with Crippen molar-refractivity contribution in [2.24, 2.45) is 0 Å². The molecule has 16 heavy (non-hydrogen) atoms. The minimum absolute atomic E-state index is 0.0304. The second-order valence-electron chi connectivity index (χ2n) is 3.05. The first-order chi connectivity index (χ1) is 7.50. The van der Waals surface area contributed by atoms with Crippen LogP contribution in [0.2, 0.25) is 0 Å². The Bertz CT molecular complexity index is 421. The van der Waals surface area contributed by atoms with Crippen LogP contribution in [0.15, 0.2) is 18.2 Å². The number of benzene rings is 1. The van der Waals surface area contributed by atoms with Crippen LogP contribution in [0.4, 0.5) is 8.78 Å². The van der Waals surface area contributed by atoms with E-state index in [1.165, 1.54) is 0 Å². The Labute approximate surface area is 89.9 Å². The number of carbonyl (C=O) groups is 2. The van der Waals surface area contributed by atoms with Gasteiger partial charge in [0.2, 0.25) is 0 Å². The van der Waals surface area contributed by atoms with Gasteiger partial charge in [0.1, 0.15) is 11.6 Å². The zero-order chi connectivity index (χ0) is 12.1. The number of rotatable bonds is 3. The summed E-state index contributed by atoms with van der Waals surface area (Å²) in [5.74, 6) is -3.96. The van der Waals surface area contributed by atoms with Crippen molar-refractivity contribution in [2.75, 3.05) is 6.54 Å². The summed E-state index contributed by atoms with van der Waals surface area (Å²) in [6, 6.07) is 2.96. The third-order valence-corrected chi connectivity index (χ3v) is 1.88. The number of aliphatic carboxylic acids is 1. The van der Waals surface area contributed by atoms with Crippen molar-refractivity contribution >= 4 is 11.9 Å². The first-order valence-corrected chi connectivity index (χ1v) is 4.45. The Hall–Kier alpha value is -1.98. The van der Waals surface area contributed by atoms with E-state index >= 15 is 0 Å². The standard InChI is InChI=1S/C10H9F2NO3/c11-7-1-2-8(12)6(5-7)3-4-13-9(14)10(15)16/h1-2,5H,3-4H2,(H,13,14)(H,15,16). The second-order valence-corrected chi connectivity index (χ2v) is 3.05. The SMILES string of the molecule is O=C(O)C(=O)NCCc1cc(F)ccc1F. The summed E-state index contributed by atoms with van der Waals surface area (Å²) in [7, 11) is 0. The molecule has 0 aliphatic heterocycles. The van der Waals surface area contributed by atoms with Crippen LogP contribution in [0.5, 0.6) is 0 Å². The van der Waals surface area contributed by atoms with Crippen LogP contribution < -0.4 is 5.32 Å². The molecule has 6 heteroatoms. The molecule has 2 N–H and O–H groups in total. The van der Waals surface area contributed by atoms with Crippen molar-refractivity contribution in [3.05, 3.63) is 35.4 Å². The Balaban J connectivity index is 2.52. The third-order valence-electron chi connectivity index (χ3n) is 1.88. The minimum Gasteiger partial charge on any atom is -0.474 e. The van der Waals surface area contributed by atoms with E-state index < -0.39 is 23.5 Å². The fourth-order valence-corrected chi connectivity index (χ4v) is 1.12. The lowest BCUT2D eigenvalue weighted by Crippen LogP contribution is -2.32. The van der Waals surface area contributed by atoms with Crippen LogP contribution in [-0.4, -0.2) is 23.5 Å². The average Bonchev–Trinajstić information content (AvgIpc) is 2.22. The molecule has 86 valence electrons. The summed E-state index contributed by atoms with van der Waals surface area (Å²) in [6.07, 6.45) is 0.0304. The van der Waals surface area contributed by atoms with E-state index in [1.54, 1.807) is 0 Å². The largest absolute Gasteiger partial charge is 0.474 e. The van der Waals surface area contributed by atoms with Crippen LogP contribution in [0.25, 0.3) is 0 Å². The number of carbonyl (C=O) groups excluding carboxylic acids is 1. The summed E-state index contributed by atoms with van der Waals surface area (Å²) in [4.78, 5) is 20.7. The van der Waals surface area contributed by atoms with Gasteiger partial charge < -0.3 is 10.4 Å². The molecule has 1 aromatic rings. The number of amides is 1. The van der Waals surface area contributed by atoms with Gasteiger partial charge >= 0.3 is 11.9 Å². The maximum atomic E-state index is 13.1. The van der Waals surface area contributed by atoms with E-state index in [4.69, 9.17) is 5.11 Å². The van der Waals surface area contributed by atoms with Gasteiger partial charge in [-0.25, -0.2) is 13.6 Å². The van der Waals surface area contributed by atoms with Crippen LogP contribution >= 0.6 is 0 Å². The lowest BCUT2D eigenvalue weighted by molar-refractivity contribution is -0.150. The molecule has 1 aromatic carbocycles. The summed E-state index contributed by atoms with van der Waals surface area (Å²) in [5.41, 5.74) is 0.0886. The first-order valence-electron chi connectivity index (χ1n) is 4.45. The normalized spacial score (nSPS) is 9.88. The summed E-state index contributed by atoms with van der Waals surface area (Å²) >= 11 is 0.